The number of thiazole rings is 1. The lowest BCUT2D eigenvalue weighted by Crippen LogP contribution is -2.46. The molecule has 2 amide bonds. The van der Waals surface area contributed by atoms with Gasteiger partial charge in [0.1, 0.15) is 6.61 Å². The van der Waals surface area contributed by atoms with Gasteiger partial charge in [0.25, 0.3) is 0 Å². The van der Waals surface area contributed by atoms with Crippen molar-refractivity contribution in [2.45, 2.75) is 39.5 Å². The van der Waals surface area contributed by atoms with Crippen molar-refractivity contribution in [3.05, 3.63) is 15.6 Å². The number of ether oxygens (including phenoxy) is 1. The number of likely N-dealkylation sites (tertiary alicyclic amines) is 1. The summed E-state index contributed by atoms with van der Waals surface area (Å²) in [6.45, 7) is 6.06. The quantitative estimate of drug-likeness (QED) is 0.757. The molecule has 134 valence electrons. The van der Waals surface area contributed by atoms with Gasteiger partial charge in [0.2, 0.25) is 11.8 Å². The lowest BCUT2D eigenvalue weighted by molar-refractivity contribution is -0.138. The molecular formula is C17H27N3O3S. The molecule has 0 bridgehead atoms. The number of carbonyl (C=O) groups is 2. The second-order valence-electron chi connectivity index (χ2n) is 6.26. The molecule has 1 fully saturated rings. The number of hydrogen-bond acceptors (Lipinski definition) is 5. The highest BCUT2D eigenvalue weighted by Crippen LogP contribution is 2.18. The summed E-state index contributed by atoms with van der Waals surface area (Å²) in [4.78, 5) is 31.7. The average molecular weight is 353 g/mol. The second kappa shape index (κ2) is 9.13. The van der Waals surface area contributed by atoms with E-state index in [1.54, 1.807) is 16.2 Å². The standard InChI is InChI=1S/C17H27N3O3S/c1-12-13(2)24-15(19-12)7-4-8-18-17(22)14-6-5-9-20(10-14)16(21)11-23-3/h14H,4-11H2,1-3H3,(H,18,22)/t14-/m1/s1. The molecule has 0 saturated carbocycles. The Balaban J connectivity index is 1.70. The third-order valence-corrected chi connectivity index (χ3v) is 5.48. The maximum Gasteiger partial charge on any atom is 0.248 e. The van der Waals surface area contributed by atoms with Crippen molar-refractivity contribution < 1.29 is 14.3 Å². The van der Waals surface area contributed by atoms with E-state index < -0.39 is 0 Å². The van der Waals surface area contributed by atoms with E-state index in [9.17, 15) is 9.59 Å². The van der Waals surface area contributed by atoms with Crippen LogP contribution in [0.15, 0.2) is 0 Å². The van der Waals surface area contributed by atoms with E-state index in [0.29, 0.717) is 19.6 Å². The van der Waals surface area contributed by atoms with Gasteiger partial charge in [-0.15, -0.1) is 11.3 Å². The number of methoxy groups -OCH3 is 1. The maximum atomic E-state index is 12.3. The Labute approximate surface area is 147 Å². The molecule has 1 N–H and O–H groups in total. The molecule has 6 nitrogen and oxygen atoms in total. The van der Waals surface area contributed by atoms with Crippen LogP contribution in [-0.2, 0) is 20.7 Å². The van der Waals surface area contributed by atoms with E-state index in [1.807, 2.05) is 6.92 Å². The van der Waals surface area contributed by atoms with Crippen molar-refractivity contribution in [3.63, 3.8) is 0 Å². The van der Waals surface area contributed by atoms with Crippen LogP contribution in [0.2, 0.25) is 0 Å². The van der Waals surface area contributed by atoms with E-state index in [1.165, 1.54) is 12.0 Å². The summed E-state index contributed by atoms with van der Waals surface area (Å²) in [7, 11) is 1.51. The summed E-state index contributed by atoms with van der Waals surface area (Å²) in [6.07, 6.45) is 3.48. The Kier molecular flexibility index (Phi) is 7.17. The molecule has 1 aromatic heterocycles. The SMILES string of the molecule is COCC(=O)N1CCC[C@@H](C(=O)NCCCc2nc(C)c(C)s2)C1. The summed E-state index contributed by atoms with van der Waals surface area (Å²) in [6, 6.07) is 0. The average Bonchev–Trinajstić information content (AvgIpc) is 2.90. The van der Waals surface area contributed by atoms with E-state index in [-0.39, 0.29) is 24.3 Å². The largest absolute Gasteiger partial charge is 0.375 e. The van der Waals surface area contributed by atoms with Crippen LogP contribution in [0.5, 0.6) is 0 Å². The molecule has 0 radical (unpaired) electrons. The van der Waals surface area contributed by atoms with Crippen LogP contribution in [0.4, 0.5) is 0 Å². The Morgan fingerprint density at radius 2 is 2.21 bits per heavy atom. The van der Waals surface area contributed by atoms with Gasteiger partial charge in [0, 0.05) is 38.0 Å². The highest BCUT2D eigenvalue weighted by Gasteiger charge is 2.27. The van der Waals surface area contributed by atoms with Gasteiger partial charge >= 0.3 is 0 Å². The Morgan fingerprint density at radius 3 is 2.88 bits per heavy atom. The van der Waals surface area contributed by atoms with E-state index in [2.05, 4.69) is 17.2 Å². The van der Waals surface area contributed by atoms with Crippen LogP contribution in [0.3, 0.4) is 0 Å². The molecule has 0 aromatic carbocycles. The summed E-state index contributed by atoms with van der Waals surface area (Å²) in [5, 5.41) is 4.14. The van der Waals surface area contributed by atoms with E-state index in [4.69, 9.17) is 4.74 Å². The van der Waals surface area contributed by atoms with Gasteiger partial charge in [-0.2, -0.15) is 0 Å². The highest BCUT2D eigenvalue weighted by molar-refractivity contribution is 7.11. The molecule has 2 heterocycles. The van der Waals surface area contributed by atoms with Crippen molar-refractivity contribution in [1.82, 2.24) is 15.2 Å². The second-order valence-corrected chi connectivity index (χ2v) is 7.54. The van der Waals surface area contributed by atoms with Crippen molar-refractivity contribution in [1.29, 1.82) is 0 Å². The molecule has 1 aliphatic heterocycles. The van der Waals surface area contributed by atoms with Crippen LogP contribution in [0.25, 0.3) is 0 Å². The predicted octanol–water partition coefficient (Wildman–Crippen LogP) is 1.69. The molecule has 0 unspecified atom stereocenters. The Hall–Kier alpha value is -1.47. The molecule has 1 aromatic rings. The molecule has 24 heavy (non-hydrogen) atoms. The molecule has 0 spiro atoms. The molecule has 1 atom stereocenters. The number of nitrogens with zero attached hydrogens (tertiary/aromatic N) is 2. The third kappa shape index (κ3) is 5.27. The molecule has 2 rings (SSSR count). The number of aryl methyl sites for hydroxylation is 3. The van der Waals surface area contributed by atoms with Gasteiger partial charge in [-0.1, -0.05) is 0 Å². The Morgan fingerprint density at radius 1 is 1.42 bits per heavy atom. The minimum absolute atomic E-state index is 0.0375. The van der Waals surface area contributed by atoms with Gasteiger partial charge < -0.3 is 15.0 Å². The molecule has 1 saturated heterocycles. The molecule has 7 heteroatoms. The number of amides is 2. The van der Waals surface area contributed by atoms with Crippen molar-refractivity contribution in [2.24, 2.45) is 5.92 Å². The first-order valence-electron chi connectivity index (χ1n) is 8.48. The number of nitrogens with one attached hydrogen (secondary N) is 1. The molecular weight excluding hydrogens is 326 g/mol. The smallest absolute Gasteiger partial charge is 0.248 e. The first-order chi connectivity index (χ1) is 11.5. The Bertz CT molecular complexity index is 554. The van der Waals surface area contributed by atoms with Crippen LogP contribution in [-0.4, -0.2) is 55.0 Å². The monoisotopic (exact) mass is 353 g/mol. The van der Waals surface area contributed by atoms with Crippen LogP contribution < -0.4 is 5.32 Å². The van der Waals surface area contributed by atoms with Crippen molar-refractivity contribution in [2.75, 3.05) is 33.4 Å². The fourth-order valence-corrected chi connectivity index (χ4v) is 3.85. The number of piperidine rings is 1. The van der Waals surface area contributed by atoms with Crippen LogP contribution in [0, 0.1) is 19.8 Å². The van der Waals surface area contributed by atoms with Gasteiger partial charge in [0.05, 0.1) is 16.6 Å². The normalized spacial score (nSPS) is 17.8. The summed E-state index contributed by atoms with van der Waals surface area (Å²) < 4.78 is 4.89. The maximum absolute atomic E-state index is 12.3. The van der Waals surface area contributed by atoms with Gasteiger partial charge in [0.15, 0.2) is 0 Å². The zero-order chi connectivity index (χ0) is 17.5. The molecule has 0 aliphatic carbocycles. The number of hydrogen-bond donors (Lipinski definition) is 1. The zero-order valence-electron chi connectivity index (χ0n) is 14.8. The fourth-order valence-electron chi connectivity index (χ4n) is 2.87. The number of rotatable bonds is 7. The van der Waals surface area contributed by atoms with Crippen molar-refractivity contribution >= 4 is 23.2 Å². The van der Waals surface area contributed by atoms with Crippen LogP contribution >= 0.6 is 11.3 Å². The number of carbonyl (C=O) groups excluding carboxylic acids is 2. The van der Waals surface area contributed by atoms with Gasteiger partial charge in [-0.05, 0) is 33.1 Å². The zero-order valence-corrected chi connectivity index (χ0v) is 15.6. The summed E-state index contributed by atoms with van der Waals surface area (Å²) >= 11 is 1.73. The van der Waals surface area contributed by atoms with Gasteiger partial charge in [-0.3, -0.25) is 9.59 Å². The predicted molar refractivity (Wildman–Crippen MR) is 94.1 cm³/mol. The topological polar surface area (TPSA) is 71.5 Å². The minimum atomic E-state index is -0.107. The first-order valence-corrected chi connectivity index (χ1v) is 9.30. The summed E-state index contributed by atoms with van der Waals surface area (Å²) in [5.41, 5.74) is 1.10. The third-order valence-electron chi connectivity index (χ3n) is 4.35. The van der Waals surface area contributed by atoms with E-state index >= 15 is 0 Å². The van der Waals surface area contributed by atoms with Gasteiger partial charge in [-0.25, -0.2) is 4.98 Å². The van der Waals surface area contributed by atoms with Crippen molar-refractivity contribution in [3.8, 4) is 0 Å². The highest BCUT2D eigenvalue weighted by atomic mass is 32.1. The van der Waals surface area contributed by atoms with Crippen LogP contribution in [0.1, 0.15) is 34.8 Å². The fraction of sp³-hybridized carbons (Fsp3) is 0.706. The van der Waals surface area contributed by atoms with E-state index in [0.717, 1.165) is 36.4 Å². The lowest BCUT2D eigenvalue weighted by Gasteiger charge is -2.31. The first kappa shape index (κ1) is 18.9. The summed E-state index contributed by atoms with van der Waals surface area (Å²) in [5.74, 6) is -0.0927. The number of aromatic nitrogens is 1. The molecule has 1 aliphatic rings. The minimum Gasteiger partial charge on any atom is -0.375 e. The lowest BCUT2D eigenvalue weighted by atomic mass is 9.97.